The molecule has 1 amide bonds. The van der Waals surface area contributed by atoms with E-state index in [0.29, 0.717) is 5.91 Å². The molecule has 0 aromatic carbocycles. The van der Waals surface area contributed by atoms with Crippen LogP contribution < -0.4 is 0 Å². The Balaban J connectivity index is 1.40. The second kappa shape index (κ2) is 8.12. The van der Waals surface area contributed by atoms with E-state index in [0.717, 1.165) is 58.0 Å². The highest BCUT2D eigenvalue weighted by atomic mass is 16.2. The zero-order valence-electron chi connectivity index (χ0n) is 15.1. The summed E-state index contributed by atoms with van der Waals surface area (Å²) in [6.45, 7) is 5.82. The molecule has 6 heteroatoms. The molecule has 1 aromatic heterocycles. The van der Waals surface area contributed by atoms with Gasteiger partial charge in [-0.1, -0.05) is 0 Å². The lowest BCUT2D eigenvalue weighted by Gasteiger charge is -2.41. The van der Waals surface area contributed by atoms with Gasteiger partial charge in [0.1, 0.15) is 6.04 Å². The van der Waals surface area contributed by atoms with Gasteiger partial charge in [-0.05, 0) is 45.7 Å². The molecule has 3 heterocycles. The third-order valence-electron chi connectivity index (χ3n) is 5.65. The van der Waals surface area contributed by atoms with Gasteiger partial charge < -0.3 is 14.4 Å². The zero-order valence-corrected chi connectivity index (χ0v) is 15.1. The Kier molecular flexibility index (Phi) is 5.89. The number of aromatic nitrogens is 2. The number of piperazine rings is 1. The monoisotopic (exact) mass is 333 g/mol. The first-order chi connectivity index (χ1) is 11.6. The molecule has 3 rings (SSSR count). The van der Waals surface area contributed by atoms with Gasteiger partial charge in [-0.2, -0.15) is 0 Å². The number of amides is 1. The molecule has 6 nitrogen and oxygen atoms in total. The van der Waals surface area contributed by atoms with Crippen molar-refractivity contribution < 1.29 is 4.79 Å². The van der Waals surface area contributed by atoms with E-state index in [1.165, 1.54) is 12.8 Å². The van der Waals surface area contributed by atoms with Crippen LogP contribution in [-0.2, 0) is 11.3 Å². The highest BCUT2D eigenvalue weighted by Gasteiger charge is 2.33. The fourth-order valence-corrected chi connectivity index (χ4v) is 3.91. The number of carbonyl (C=O) groups excluding carboxylic acids is 1. The molecule has 24 heavy (non-hydrogen) atoms. The van der Waals surface area contributed by atoms with Crippen LogP contribution in [-0.4, -0.2) is 83.0 Å². The van der Waals surface area contributed by atoms with Gasteiger partial charge >= 0.3 is 0 Å². The van der Waals surface area contributed by atoms with E-state index in [2.05, 4.69) is 38.3 Å². The standard InChI is InChI=1S/C18H31N5O/c1-20-12-13-21(2)17(14-20)18(24)23-9-5-16(6-10-23)4-3-8-22-11-7-19-15-22/h7,11,15-17H,3-6,8-10,12-14H2,1-2H3. The Morgan fingerprint density at radius 2 is 1.96 bits per heavy atom. The number of imidazole rings is 1. The number of aryl methyl sites for hydroxylation is 1. The van der Waals surface area contributed by atoms with Crippen molar-refractivity contribution in [3.05, 3.63) is 18.7 Å². The molecule has 1 unspecified atom stereocenters. The normalized spacial score (nSPS) is 24.4. The van der Waals surface area contributed by atoms with Crippen molar-refractivity contribution in [3.63, 3.8) is 0 Å². The molecule has 2 saturated heterocycles. The molecular weight excluding hydrogens is 302 g/mol. The predicted molar refractivity (Wildman–Crippen MR) is 94.7 cm³/mol. The first-order valence-electron chi connectivity index (χ1n) is 9.27. The average molecular weight is 333 g/mol. The lowest BCUT2D eigenvalue weighted by Crippen LogP contribution is -2.58. The number of hydrogen-bond acceptors (Lipinski definition) is 4. The average Bonchev–Trinajstić information content (AvgIpc) is 3.10. The summed E-state index contributed by atoms with van der Waals surface area (Å²) in [6.07, 6.45) is 10.5. The van der Waals surface area contributed by atoms with Crippen LogP contribution in [0.25, 0.3) is 0 Å². The maximum absolute atomic E-state index is 12.8. The van der Waals surface area contributed by atoms with Crippen LogP contribution >= 0.6 is 0 Å². The maximum Gasteiger partial charge on any atom is 0.241 e. The van der Waals surface area contributed by atoms with Crippen molar-refractivity contribution in [2.24, 2.45) is 5.92 Å². The van der Waals surface area contributed by atoms with Gasteiger partial charge in [-0.3, -0.25) is 9.69 Å². The second-order valence-electron chi connectivity index (χ2n) is 7.47. The summed E-state index contributed by atoms with van der Waals surface area (Å²) in [5.41, 5.74) is 0. The largest absolute Gasteiger partial charge is 0.341 e. The summed E-state index contributed by atoms with van der Waals surface area (Å²) in [5.74, 6) is 1.10. The van der Waals surface area contributed by atoms with Crippen molar-refractivity contribution >= 4 is 5.91 Å². The molecule has 0 radical (unpaired) electrons. The molecule has 2 aliphatic heterocycles. The van der Waals surface area contributed by atoms with Gasteiger partial charge in [0.2, 0.25) is 5.91 Å². The molecule has 2 aliphatic rings. The van der Waals surface area contributed by atoms with E-state index in [9.17, 15) is 4.79 Å². The van der Waals surface area contributed by atoms with Crippen LogP contribution in [0.1, 0.15) is 25.7 Å². The molecule has 0 saturated carbocycles. The number of likely N-dealkylation sites (N-methyl/N-ethyl adjacent to an activating group) is 2. The molecule has 0 bridgehead atoms. The molecule has 0 aliphatic carbocycles. The van der Waals surface area contributed by atoms with Crippen LogP contribution in [0.5, 0.6) is 0 Å². The number of hydrogen-bond donors (Lipinski definition) is 0. The number of piperidine rings is 1. The smallest absolute Gasteiger partial charge is 0.241 e. The van der Waals surface area contributed by atoms with Crippen LogP contribution in [0.3, 0.4) is 0 Å². The van der Waals surface area contributed by atoms with Crippen molar-refractivity contribution in [2.45, 2.75) is 38.3 Å². The van der Waals surface area contributed by atoms with E-state index in [-0.39, 0.29) is 6.04 Å². The van der Waals surface area contributed by atoms with Gasteiger partial charge in [0.05, 0.1) is 6.33 Å². The van der Waals surface area contributed by atoms with Gasteiger partial charge in [-0.25, -0.2) is 4.98 Å². The minimum Gasteiger partial charge on any atom is -0.341 e. The quantitative estimate of drug-likeness (QED) is 0.811. The van der Waals surface area contributed by atoms with Gasteiger partial charge in [0.25, 0.3) is 0 Å². The summed E-state index contributed by atoms with van der Waals surface area (Å²) in [6, 6.07) is 0.0431. The fourth-order valence-electron chi connectivity index (χ4n) is 3.91. The molecule has 0 spiro atoms. The minimum absolute atomic E-state index is 0.0431. The van der Waals surface area contributed by atoms with E-state index in [1.54, 1.807) is 0 Å². The van der Waals surface area contributed by atoms with Crippen molar-refractivity contribution in [3.8, 4) is 0 Å². The highest BCUT2D eigenvalue weighted by molar-refractivity contribution is 5.82. The van der Waals surface area contributed by atoms with Gasteiger partial charge in [0.15, 0.2) is 0 Å². The van der Waals surface area contributed by atoms with Crippen LogP contribution in [0, 0.1) is 5.92 Å². The van der Waals surface area contributed by atoms with Crippen LogP contribution in [0.15, 0.2) is 18.7 Å². The first kappa shape index (κ1) is 17.4. The summed E-state index contributed by atoms with van der Waals surface area (Å²) >= 11 is 0. The first-order valence-corrected chi connectivity index (χ1v) is 9.27. The van der Waals surface area contributed by atoms with Crippen molar-refractivity contribution in [1.29, 1.82) is 0 Å². The zero-order chi connectivity index (χ0) is 16.9. The van der Waals surface area contributed by atoms with E-state index in [1.807, 2.05) is 18.7 Å². The van der Waals surface area contributed by atoms with Crippen molar-refractivity contribution in [2.75, 3.05) is 46.8 Å². The topological polar surface area (TPSA) is 44.6 Å². The van der Waals surface area contributed by atoms with Crippen LogP contribution in [0.4, 0.5) is 0 Å². The molecule has 2 fully saturated rings. The Labute approximate surface area is 145 Å². The predicted octanol–water partition coefficient (Wildman–Crippen LogP) is 1.15. The minimum atomic E-state index is 0.0431. The van der Waals surface area contributed by atoms with E-state index >= 15 is 0 Å². The number of nitrogens with zero attached hydrogens (tertiary/aromatic N) is 5. The Hall–Kier alpha value is -1.40. The molecule has 0 N–H and O–H groups in total. The third kappa shape index (κ3) is 4.36. The van der Waals surface area contributed by atoms with Gasteiger partial charge in [0, 0.05) is 51.7 Å². The molecule has 134 valence electrons. The number of carbonyl (C=O) groups is 1. The molecular formula is C18H31N5O. The Morgan fingerprint density at radius 3 is 2.67 bits per heavy atom. The lowest BCUT2D eigenvalue weighted by molar-refractivity contribution is -0.140. The SMILES string of the molecule is CN1CCN(C)C(C(=O)N2CCC(CCCn3ccnc3)CC2)C1. The molecule has 1 atom stereocenters. The molecule has 1 aromatic rings. The van der Waals surface area contributed by atoms with Crippen molar-refractivity contribution in [1.82, 2.24) is 24.3 Å². The lowest BCUT2D eigenvalue weighted by atomic mass is 9.91. The maximum atomic E-state index is 12.8. The number of rotatable bonds is 5. The summed E-state index contributed by atoms with van der Waals surface area (Å²) in [7, 11) is 4.19. The fraction of sp³-hybridized carbons (Fsp3) is 0.778. The summed E-state index contributed by atoms with van der Waals surface area (Å²) in [4.78, 5) is 23.5. The highest BCUT2D eigenvalue weighted by Crippen LogP contribution is 2.23. The third-order valence-corrected chi connectivity index (χ3v) is 5.65. The Morgan fingerprint density at radius 1 is 1.17 bits per heavy atom. The number of likely N-dealkylation sites (tertiary alicyclic amines) is 1. The van der Waals surface area contributed by atoms with Crippen LogP contribution in [0.2, 0.25) is 0 Å². The van der Waals surface area contributed by atoms with E-state index < -0.39 is 0 Å². The second-order valence-corrected chi connectivity index (χ2v) is 7.47. The Bertz CT molecular complexity index is 509. The van der Waals surface area contributed by atoms with E-state index in [4.69, 9.17) is 0 Å². The summed E-state index contributed by atoms with van der Waals surface area (Å²) in [5, 5.41) is 0. The van der Waals surface area contributed by atoms with Gasteiger partial charge in [-0.15, -0.1) is 0 Å². The summed E-state index contributed by atoms with van der Waals surface area (Å²) < 4.78 is 2.15.